The van der Waals surface area contributed by atoms with Crippen LogP contribution in [0.5, 0.6) is 5.75 Å². The SMILES string of the molecule is CN1CCOC2(CCN(c3ccc(C4c5ccc(O)cc5CCC4c4ccccc4)cc3)CC2)C1.CNC(=O)C(CCC=O)N1C(=O)c2cc3c(cc2C1=O)CN(CC=O)C3. The highest BCUT2D eigenvalue weighted by Crippen LogP contribution is 2.47. The first-order valence-electron chi connectivity index (χ1n) is 21.5. The summed E-state index contributed by atoms with van der Waals surface area (Å²) in [7, 11) is 3.63. The highest BCUT2D eigenvalue weighted by molar-refractivity contribution is 6.23. The van der Waals surface area contributed by atoms with E-state index in [-0.39, 0.29) is 36.1 Å². The third-order valence-corrected chi connectivity index (χ3v) is 13.3. The van der Waals surface area contributed by atoms with Crippen LogP contribution >= 0.6 is 0 Å². The molecule has 3 amide bonds. The van der Waals surface area contributed by atoms with E-state index in [9.17, 15) is 29.1 Å². The summed E-state index contributed by atoms with van der Waals surface area (Å²) >= 11 is 0. The molecule has 61 heavy (non-hydrogen) atoms. The number of nitrogens with zero attached hydrogens (tertiary/aromatic N) is 4. The molecule has 12 heteroatoms. The number of anilines is 1. The lowest BCUT2D eigenvalue weighted by atomic mass is 9.69. The van der Waals surface area contributed by atoms with Crippen LogP contribution in [-0.2, 0) is 38.6 Å². The van der Waals surface area contributed by atoms with Crippen molar-refractivity contribution in [3.05, 3.63) is 129 Å². The minimum absolute atomic E-state index is 0.0454. The highest BCUT2D eigenvalue weighted by Gasteiger charge is 2.44. The number of likely N-dealkylation sites (N-methyl/N-ethyl adjacent to an activating group) is 2. The topological polar surface area (TPSA) is 140 Å². The molecule has 12 nitrogen and oxygen atoms in total. The lowest BCUT2D eigenvalue weighted by Crippen LogP contribution is -2.56. The Morgan fingerprint density at radius 2 is 1.56 bits per heavy atom. The van der Waals surface area contributed by atoms with Gasteiger partial charge in [-0.1, -0.05) is 48.5 Å². The Hall–Kier alpha value is -5.69. The maximum absolute atomic E-state index is 12.8. The number of carbonyl (C=O) groups excluding carboxylic acids is 5. The van der Waals surface area contributed by atoms with E-state index in [4.69, 9.17) is 4.74 Å². The Morgan fingerprint density at radius 3 is 2.18 bits per heavy atom. The molecule has 5 aliphatic rings. The zero-order valence-electron chi connectivity index (χ0n) is 35.1. The minimum Gasteiger partial charge on any atom is -0.508 e. The Bertz CT molecular complexity index is 2230. The van der Waals surface area contributed by atoms with Gasteiger partial charge >= 0.3 is 0 Å². The molecule has 3 unspecified atom stereocenters. The number of ether oxygens (including phenoxy) is 1. The first kappa shape index (κ1) is 42.0. The number of hydrogen-bond donors (Lipinski definition) is 2. The largest absolute Gasteiger partial charge is 0.508 e. The fourth-order valence-corrected chi connectivity index (χ4v) is 10.2. The van der Waals surface area contributed by atoms with E-state index < -0.39 is 23.8 Å². The molecule has 2 N–H and O–H groups in total. The summed E-state index contributed by atoms with van der Waals surface area (Å²) in [5.41, 5.74) is 9.09. The van der Waals surface area contributed by atoms with E-state index in [0.29, 0.717) is 37.0 Å². The first-order valence-corrected chi connectivity index (χ1v) is 21.5. The summed E-state index contributed by atoms with van der Waals surface area (Å²) in [5, 5.41) is 12.5. The third kappa shape index (κ3) is 8.62. The van der Waals surface area contributed by atoms with Gasteiger partial charge in [0.25, 0.3) is 11.8 Å². The quantitative estimate of drug-likeness (QED) is 0.157. The number of amides is 3. The van der Waals surface area contributed by atoms with Crippen molar-refractivity contribution in [1.29, 1.82) is 0 Å². The normalized spacial score (nSPS) is 21.2. The molecule has 1 spiro atoms. The predicted molar refractivity (Wildman–Crippen MR) is 232 cm³/mol. The number of phenols is 1. The van der Waals surface area contributed by atoms with Crippen molar-refractivity contribution in [2.45, 2.75) is 75.1 Å². The number of benzene rings is 4. The molecule has 4 aliphatic heterocycles. The number of morpholine rings is 1. The Morgan fingerprint density at radius 1 is 0.869 bits per heavy atom. The van der Waals surface area contributed by atoms with Crippen LogP contribution in [0.25, 0.3) is 0 Å². The number of piperidine rings is 1. The average molecular weight is 826 g/mol. The third-order valence-electron chi connectivity index (χ3n) is 13.3. The molecule has 2 fully saturated rings. The summed E-state index contributed by atoms with van der Waals surface area (Å²) in [4.78, 5) is 66.9. The van der Waals surface area contributed by atoms with E-state index in [1.807, 2.05) is 17.0 Å². The number of carbonyl (C=O) groups is 5. The van der Waals surface area contributed by atoms with Crippen molar-refractivity contribution in [2.75, 3.05) is 58.3 Å². The zero-order chi connectivity index (χ0) is 42.7. The summed E-state index contributed by atoms with van der Waals surface area (Å²) in [6, 6.07) is 28.6. The monoisotopic (exact) mass is 825 g/mol. The second kappa shape index (κ2) is 18.1. The molecule has 4 heterocycles. The molecule has 318 valence electrons. The smallest absolute Gasteiger partial charge is 0.262 e. The molecular formula is C49H55N5O7. The molecule has 0 bridgehead atoms. The molecule has 0 radical (unpaired) electrons. The number of aryl methyl sites for hydroxylation is 1. The average Bonchev–Trinajstić information content (AvgIpc) is 3.78. The second-order valence-corrected chi connectivity index (χ2v) is 17.1. The fraction of sp³-hybridized carbons (Fsp3) is 0.408. The van der Waals surface area contributed by atoms with Crippen LogP contribution in [0, 0.1) is 0 Å². The zero-order valence-corrected chi connectivity index (χ0v) is 35.1. The van der Waals surface area contributed by atoms with E-state index in [0.717, 1.165) is 80.8 Å². The molecular weight excluding hydrogens is 771 g/mol. The van der Waals surface area contributed by atoms with Crippen molar-refractivity contribution < 1.29 is 33.8 Å². The standard InChI is InChI=1S/C31H36N2O2.C18H19N3O5/c1-32-19-20-35-31(22-32)15-17-33(18-16-31)26-10-7-24(8-11-26)30-28(23-5-3-2-4-6-23)13-9-25-21-27(34)12-14-29(25)30;1-19-16(24)15(3-2-5-22)21-17(25)13-7-11-9-20(4-6-23)10-12(11)8-14(13)18(21)26/h2-8,10-12,14,21,28,30,34H,9,13,15-20,22H2,1H3;5-8,15H,2-4,9-10H2,1H3,(H,19,24). The number of imide groups is 1. The molecule has 1 aliphatic carbocycles. The molecule has 4 aromatic rings. The molecule has 4 aromatic carbocycles. The van der Waals surface area contributed by atoms with Gasteiger partial charge in [-0.15, -0.1) is 0 Å². The van der Waals surface area contributed by atoms with Gasteiger partial charge in [-0.2, -0.15) is 0 Å². The maximum Gasteiger partial charge on any atom is 0.262 e. The minimum atomic E-state index is -1.01. The number of fused-ring (bicyclic) bond motifs is 3. The number of hydrogen-bond acceptors (Lipinski definition) is 10. The van der Waals surface area contributed by atoms with E-state index >= 15 is 0 Å². The van der Waals surface area contributed by atoms with Crippen LogP contribution in [0.2, 0.25) is 0 Å². The summed E-state index contributed by atoms with van der Waals surface area (Å²) < 4.78 is 6.27. The van der Waals surface area contributed by atoms with Crippen molar-refractivity contribution in [1.82, 2.24) is 20.0 Å². The molecule has 9 rings (SSSR count). The Balaban J connectivity index is 0.000000177. The van der Waals surface area contributed by atoms with E-state index in [1.54, 1.807) is 12.1 Å². The van der Waals surface area contributed by atoms with Gasteiger partial charge in [0.2, 0.25) is 5.91 Å². The Kier molecular flexibility index (Phi) is 12.5. The van der Waals surface area contributed by atoms with Gasteiger partial charge in [-0.25, -0.2) is 0 Å². The Labute approximate surface area is 357 Å². The molecule has 3 atom stereocenters. The maximum atomic E-state index is 12.8. The van der Waals surface area contributed by atoms with E-state index in [2.05, 4.69) is 82.8 Å². The van der Waals surface area contributed by atoms with Gasteiger partial charge in [0.05, 0.1) is 29.9 Å². The summed E-state index contributed by atoms with van der Waals surface area (Å²) in [6.45, 7) is 6.40. The summed E-state index contributed by atoms with van der Waals surface area (Å²) in [5.74, 6) is -0.429. The predicted octanol–water partition coefficient (Wildman–Crippen LogP) is 5.45. The lowest BCUT2D eigenvalue weighted by molar-refractivity contribution is -0.124. The van der Waals surface area contributed by atoms with Gasteiger partial charge in [0.1, 0.15) is 24.4 Å². The van der Waals surface area contributed by atoms with Crippen LogP contribution in [0.1, 0.15) is 98.0 Å². The number of phenolic OH excluding ortho intramolecular Hbond substituents is 1. The molecule has 0 aromatic heterocycles. The van der Waals surface area contributed by atoms with Crippen LogP contribution in [-0.4, -0.2) is 115 Å². The highest BCUT2D eigenvalue weighted by atomic mass is 16.5. The second-order valence-electron chi connectivity index (χ2n) is 17.1. The van der Waals surface area contributed by atoms with E-state index in [1.165, 1.54) is 35.0 Å². The lowest BCUT2D eigenvalue weighted by Gasteiger charge is -2.47. The van der Waals surface area contributed by atoms with Crippen molar-refractivity contribution >= 4 is 36.0 Å². The first-order chi connectivity index (χ1) is 29.6. The van der Waals surface area contributed by atoms with Gasteiger partial charge < -0.3 is 34.5 Å². The van der Waals surface area contributed by atoms with Gasteiger partial charge in [0, 0.05) is 64.3 Å². The number of aromatic hydroxyl groups is 1. The van der Waals surface area contributed by atoms with Crippen molar-refractivity contribution in [3.63, 3.8) is 0 Å². The number of nitrogens with one attached hydrogen (secondary N) is 1. The van der Waals surface area contributed by atoms with Crippen molar-refractivity contribution in [2.24, 2.45) is 0 Å². The molecule has 0 saturated carbocycles. The molecule has 2 saturated heterocycles. The van der Waals surface area contributed by atoms with Gasteiger partial charge in [0.15, 0.2) is 0 Å². The van der Waals surface area contributed by atoms with Crippen LogP contribution in [0.4, 0.5) is 5.69 Å². The van der Waals surface area contributed by atoms with Crippen LogP contribution in [0.15, 0.2) is 84.9 Å². The van der Waals surface area contributed by atoms with Crippen LogP contribution in [0.3, 0.4) is 0 Å². The fourth-order valence-electron chi connectivity index (χ4n) is 10.2. The number of rotatable bonds is 10. The number of aldehydes is 2. The van der Waals surface area contributed by atoms with Crippen molar-refractivity contribution in [3.8, 4) is 5.75 Å². The summed E-state index contributed by atoms with van der Waals surface area (Å²) in [6.07, 6.45) is 5.91. The van der Waals surface area contributed by atoms with Gasteiger partial charge in [-0.05, 0) is 115 Å². The van der Waals surface area contributed by atoms with Gasteiger partial charge in [-0.3, -0.25) is 24.2 Å². The van der Waals surface area contributed by atoms with Crippen LogP contribution < -0.4 is 10.2 Å².